The van der Waals surface area contributed by atoms with Gasteiger partial charge in [0.05, 0.1) is 30.7 Å². The van der Waals surface area contributed by atoms with Crippen molar-refractivity contribution in [3.8, 4) is 0 Å². The largest absolute Gasteiger partial charge is 0.356 e. The Morgan fingerprint density at radius 2 is 2.04 bits per heavy atom. The highest BCUT2D eigenvalue weighted by molar-refractivity contribution is 7.80. The summed E-state index contributed by atoms with van der Waals surface area (Å²) in [6.07, 6.45) is 5.49. The summed E-state index contributed by atoms with van der Waals surface area (Å²) >= 11 is 17.6. The van der Waals surface area contributed by atoms with Gasteiger partial charge in [-0.3, -0.25) is 9.36 Å². The van der Waals surface area contributed by atoms with E-state index in [-0.39, 0.29) is 6.04 Å². The number of benzene rings is 1. The van der Waals surface area contributed by atoms with Gasteiger partial charge in [0.25, 0.3) is 0 Å². The molecule has 0 fully saturated rings. The first-order valence-electron chi connectivity index (χ1n) is 8.93. The van der Waals surface area contributed by atoms with Crippen LogP contribution >= 0.6 is 35.4 Å². The molecule has 1 aromatic carbocycles. The summed E-state index contributed by atoms with van der Waals surface area (Å²) in [6.45, 7) is 7.58. The Balaban J connectivity index is 1.59. The number of hydrogen-bond acceptors (Lipinski definition) is 3. The lowest BCUT2D eigenvalue weighted by molar-refractivity contribution is 0.633. The predicted molar refractivity (Wildman–Crippen MR) is 118 cm³/mol. The normalized spacial score (nSPS) is 12.0. The van der Waals surface area contributed by atoms with Crippen molar-refractivity contribution in [2.24, 2.45) is 0 Å². The van der Waals surface area contributed by atoms with E-state index in [1.54, 1.807) is 16.9 Å². The molecule has 0 spiro atoms. The Morgan fingerprint density at radius 1 is 1.25 bits per heavy atom. The van der Waals surface area contributed by atoms with Crippen LogP contribution < -0.4 is 10.6 Å². The zero-order valence-electron chi connectivity index (χ0n) is 15.9. The number of aromatic nitrogens is 4. The Bertz CT molecular complexity index is 981. The molecule has 2 N–H and O–H groups in total. The van der Waals surface area contributed by atoms with Crippen LogP contribution in [0.3, 0.4) is 0 Å². The van der Waals surface area contributed by atoms with Gasteiger partial charge in [-0.25, -0.2) is 0 Å². The molecule has 0 aliphatic rings. The van der Waals surface area contributed by atoms with Crippen molar-refractivity contribution in [1.82, 2.24) is 24.9 Å². The molecule has 0 amide bonds. The summed E-state index contributed by atoms with van der Waals surface area (Å²) in [4.78, 5) is 0. The smallest absolute Gasteiger partial charge is 0.171 e. The van der Waals surface area contributed by atoms with Gasteiger partial charge in [-0.1, -0.05) is 29.3 Å². The lowest BCUT2D eigenvalue weighted by atomic mass is 10.1. The molecule has 0 bridgehead atoms. The van der Waals surface area contributed by atoms with Crippen molar-refractivity contribution in [2.45, 2.75) is 39.9 Å². The van der Waals surface area contributed by atoms with Crippen LogP contribution in [0.1, 0.15) is 36.7 Å². The zero-order valence-corrected chi connectivity index (χ0v) is 18.2. The van der Waals surface area contributed by atoms with Crippen LogP contribution in [0.2, 0.25) is 10.0 Å². The molecular weight excluding hydrogens is 415 g/mol. The molecular formula is C19H22Cl2N6S. The van der Waals surface area contributed by atoms with Crippen molar-refractivity contribution in [1.29, 1.82) is 0 Å². The number of thiocarbonyl (C=S) groups is 1. The fourth-order valence-electron chi connectivity index (χ4n) is 2.99. The van der Waals surface area contributed by atoms with E-state index < -0.39 is 0 Å². The fourth-order valence-corrected chi connectivity index (χ4v) is 3.75. The lowest BCUT2D eigenvalue weighted by Crippen LogP contribution is -2.31. The lowest BCUT2D eigenvalue weighted by Gasteiger charge is -2.16. The second-order valence-electron chi connectivity index (χ2n) is 6.48. The molecule has 2 heterocycles. The molecule has 0 saturated carbocycles. The Morgan fingerprint density at radius 3 is 2.71 bits per heavy atom. The van der Waals surface area contributed by atoms with Crippen LogP contribution in [0.15, 0.2) is 36.8 Å². The van der Waals surface area contributed by atoms with Crippen molar-refractivity contribution < 1.29 is 0 Å². The van der Waals surface area contributed by atoms with Crippen molar-refractivity contribution in [2.75, 3.05) is 5.32 Å². The van der Waals surface area contributed by atoms with Crippen LogP contribution in [-0.4, -0.2) is 24.7 Å². The number of anilines is 1. The highest BCUT2D eigenvalue weighted by Gasteiger charge is 2.14. The Hall–Kier alpha value is -2.09. The summed E-state index contributed by atoms with van der Waals surface area (Å²) < 4.78 is 3.76. The maximum atomic E-state index is 6.23. The molecule has 0 aliphatic carbocycles. The van der Waals surface area contributed by atoms with Crippen LogP contribution in [0.5, 0.6) is 0 Å². The third-order valence-electron chi connectivity index (χ3n) is 4.49. The molecule has 0 aliphatic heterocycles. The average molecular weight is 437 g/mol. The van der Waals surface area contributed by atoms with Crippen molar-refractivity contribution >= 4 is 46.2 Å². The first-order valence-corrected chi connectivity index (χ1v) is 10.1. The van der Waals surface area contributed by atoms with Gasteiger partial charge in [0, 0.05) is 34.0 Å². The summed E-state index contributed by atoms with van der Waals surface area (Å²) in [5, 5.41) is 17.0. The number of nitrogens with one attached hydrogen (secondary N) is 2. The fraction of sp³-hybridized carbons (Fsp3) is 0.316. The van der Waals surface area contributed by atoms with Gasteiger partial charge in [-0.05, 0) is 50.7 Å². The Kier molecular flexibility index (Phi) is 6.59. The van der Waals surface area contributed by atoms with Crippen LogP contribution in [0, 0.1) is 6.92 Å². The summed E-state index contributed by atoms with van der Waals surface area (Å²) in [7, 11) is 0. The van der Waals surface area contributed by atoms with Crippen molar-refractivity contribution in [3.05, 3.63) is 63.7 Å². The first kappa shape index (κ1) is 20.6. The maximum Gasteiger partial charge on any atom is 0.171 e. The van der Waals surface area contributed by atoms with Crippen LogP contribution in [0.4, 0.5) is 5.69 Å². The number of aryl methyl sites for hydroxylation is 1. The molecule has 148 valence electrons. The second kappa shape index (κ2) is 8.94. The van der Waals surface area contributed by atoms with E-state index in [1.807, 2.05) is 29.2 Å². The highest BCUT2D eigenvalue weighted by atomic mass is 35.5. The van der Waals surface area contributed by atoms with Gasteiger partial charge in [-0.2, -0.15) is 10.2 Å². The van der Waals surface area contributed by atoms with Gasteiger partial charge in [0.2, 0.25) is 0 Å². The number of rotatable bonds is 6. The van der Waals surface area contributed by atoms with Gasteiger partial charge < -0.3 is 10.6 Å². The van der Waals surface area contributed by atoms with E-state index in [0.29, 0.717) is 21.7 Å². The number of halogens is 2. The maximum absolute atomic E-state index is 6.23. The third kappa shape index (κ3) is 4.84. The third-order valence-corrected chi connectivity index (χ3v) is 5.30. The molecule has 1 atom stereocenters. The highest BCUT2D eigenvalue weighted by Crippen LogP contribution is 2.22. The van der Waals surface area contributed by atoms with Gasteiger partial charge in [0.15, 0.2) is 5.11 Å². The number of nitrogens with zero attached hydrogens (tertiary/aromatic N) is 4. The SMILES string of the molecule is CCn1ncc(C(C)NC(=S)Nc2cnn(Cc3ccc(Cl)cc3Cl)c2)c1C. The van der Waals surface area contributed by atoms with E-state index in [1.165, 1.54) is 0 Å². The molecule has 3 aromatic rings. The molecule has 28 heavy (non-hydrogen) atoms. The minimum Gasteiger partial charge on any atom is -0.356 e. The minimum atomic E-state index is 0.0446. The molecule has 1 unspecified atom stereocenters. The monoisotopic (exact) mass is 436 g/mol. The van der Waals surface area contributed by atoms with E-state index in [0.717, 1.165) is 29.1 Å². The summed E-state index contributed by atoms with van der Waals surface area (Å²) in [5.74, 6) is 0. The summed E-state index contributed by atoms with van der Waals surface area (Å²) in [6, 6.07) is 5.48. The average Bonchev–Trinajstić information content (AvgIpc) is 3.23. The van der Waals surface area contributed by atoms with Crippen LogP contribution in [-0.2, 0) is 13.1 Å². The molecule has 6 nitrogen and oxygen atoms in total. The minimum absolute atomic E-state index is 0.0446. The van der Waals surface area contributed by atoms with Crippen molar-refractivity contribution in [3.63, 3.8) is 0 Å². The van der Waals surface area contributed by atoms with Gasteiger partial charge in [-0.15, -0.1) is 0 Å². The molecule has 9 heteroatoms. The molecule has 0 radical (unpaired) electrons. The predicted octanol–water partition coefficient (Wildman–Crippen LogP) is 4.81. The molecule has 2 aromatic heterocycles. The van der Waals surface area contributed by atoms with Crippen LogP contribution in [0.25, 0.3) is 0 Å². The van der Waals surface area contributed by atoms with E-state index >= 15 is 0 Å². The topological polar surface area (TPSA) is 59.7 Å². The van der Waals surface area contributed by atoms with E-state index in [4.69, 9.17) is 35.4 Å². The van der Waals surface area contributed by atoms with Gasteiger partial charge >= 0.3 is 0 Å². The molecule has 3 rings (SSSR count). The first-order chi connectivity index (χ1) is 13.4. The standard InChI is InChI=1S/C19H22Cl2N6S/c1-4-27-13(3)17(9-23-27)12(2)24-19(28)25-16-8-22-26(11-16)10-14-5-6-15(20)7-18(14)21/h5-9,11-12H,4,10H2,1-3H3,(H2,24,25,28). The zero-order chi connectivity index (χ0) is 20.3. The van der Waals surface area contributed by atoms with Gasteiger partial charge in [0.1, 0.15) is 0 Å². The van der Waals surface area contributed by atoms with E-state index in [9.17, 15) is 0 Å². The Labute approximate surface area is 179 Å². The number of hydrogen-bond donors (Lipinski definition) is 2. The quantitative estimate of drug-likeness (QED) is 0.542. The second-order valence-corrected chi connectivity index (χ2v) is 7.74. The van der Waals surface area contributed by atoms with E-state index in [2.05, 4.69) is 41.6 Å². The summed E-state index contributed by atoms with van der Waals surface area (Å²) in [5.41, 5.74) is 4.01. The molecule has 0 saturated heterocycles.